The average Bonchev–Trinajstić information content (AvgIpc) is 3.47. The van der Waals surface area contributed by atoms with Crippen molar-refractivity contribution in [3.8, 4) is 6.07 Å². The molecule has 8 heteroatoms. The van der Waals surface area contributed by atoms with Crippen molar-refractivity contribution >= 4 is 40.8 Å². The van der Waals surface area contributed by atoms with Gasteiger partial charge in [-0.05, 0) is 75.4 Å². The molecule has 1 fully saturated rings. The Morgan fingerprint density at radius 3 is 2.34 bits per heavy atom. The third-order valence-electron chi connectivity index (χ3n) is 5.93. The van der Waals surface area contributed by atoms with Gasteiger partial charge in [0, 0.05) is 30.1 Å². The monoisotopic (exact) mass is 494 g/mol. The lowest BCUT2D eigenvalue weighted by atomic mass is 10.00. The van der Waals surface area contributed by atoms with Crippen LogP contribution in [0.1, 0.15) is 68.3 Å². The summed E-state index contributed by atoms with van der Waals surface area (Å²) in [5.74, 6) is -1.59. The van der Waals surface area contributed by atoms with E-state index in [1.807, 2.05) is 25.1 Å². The zero-order valence-corrected chi connectivity index (χ0v) is 21.4. The number of thiophene rings is 1. The van der Waals surface area contributed by atoms with E-state index < -0.39 is 17.7 Å². The van der Waals surface area contributed by atoms with E-state index in [9.17, 15) is 19.6 Å². The van der Waals surface area contributed by atoms with Gasteiger partial charge in [0.1, 0.15) is 10.9 Å². The minimum atomic E-state index is -0.601. The highest BCUT2D eigenvalue weighted by Crippen LogP contribution is 2.31. The first-order chi connectivity index (χ1) is 16.8. The number of ketones is 1. The van der Waals surface area contributed by atoms with Crippen LogP contribution in [-0.2, 0) is 20.7 Å². The quantitative estimate of drug-likeness (QED) is 0.274. The van der Waals surface area contributed by atoms with Crippen LogP contribution in [-0.4, -0.2) is 44.0 Å². The molecule has 1 saturated heterocycles. The summed E-state index contributed by atoms with van der Waals surface area (Å²) < 4.78 is 10.3. The zero-order chi connectivity index (χ0) is 25.5. The van der Waals surface area contributed by atoms with Crippen LogP contribution in [0.25, 0.3) is 6.08 Å². The summed E-state index contributed by atoms with van der Waals surface area (Å²) in [6, 6.07) is 8.01. The highest BCUT2D eigenvalue weighted by Gasteiger charge is 2.28. The van der Waals surface area contributed by atoms with Gasteiger partial charge < -0.3 is 14.4 Å². The molecule has 0 atom stereocenters. The molecular weight excluding hydrogens is 464 g/mol. The summed E-state index contributed by atoms with van der Waals surface area (Å²) in [6.07, 6.45) is 3.76. The molecule has 2 heterocycles. The fourth-order valence-corrected chi connectivity index (χ4v) is 5.31. The number of allylic oxidation sites excluding steroid dienone is 1. The van der Waals surface area contributed by atoms with E-state index >= 15 is 0 Å². The summed E-state index contributed by atoms with van der Waals surface area (Å²) >= 11 is 1.03. The van der Waals surface area contributed by atoms with Gasteiger partial charge in [0.2, 0.25) is 0 Å². The van der Waals surface area contributed by atoms with E-state index in [-0.39, 0.29) is 35.6 Å². The number of esters is 2. The molecule has 2 aromatic rings. The highest BCUT2D eigenvalue weighted by atomic mass is 32.1. The van der Waals surface area contributed by atoms with Gasteiger partial charge >= 0.3 is 11.9 Å². The predicted octanol–water partition coefficient (Wildman–Crippen LogP) is 5.04. The van der Waals surface area contributed by atoms with Crippen LogP contribution in [0.4, 0.5) is 5.69 Å². The van der Waals surface area contributed by atoms with Gasteiger partial charge in [0.15, 0.2) is 5.78 Å². The van der Waals surface area contributed by atoms with Crippen LogP contribution in [0, 0.1) is 25.2 Å². The number of carbonyl (C=O) groups excluding carboxylic acids is 3. The normalized spacial score (nSPS) is 13.5. The van der Waals surface area contributed by atoms with Crippen molar-refractivity contribution in [2.75, 3.05) is 31.2 Å². The topological polar surface area (TPSA) is 96.7 Å². The molecule has 1 aromatic heterocycles. The van der Waals surface area contributed by atoms with Crippen LogP contribution in [0.3, 0.4) is 0 Å². The summed E-state index contributed by atoms with van der Waals surface area (Å²) in [6.45, 7) is 9.39. The molecule has 1 aromatic carbocycles. The van der Waals surface area contributed by atoms with Gasteiger partial charge in [-0.3, -0.25) is 4.79 Å². The van der Waals surface area contributed by atoms with Crippen molar-refractivity contribution in [2.45, 2.75) is 47.0 Å². The van der Waals surface area contributed by atoms with Crippen molar-refractivity contribution in [3.63, 3.8) is 0 Å². The largest absolute Gasteiger partial charge is 0.462 e. The molecule has 0 radical (unpaired) electrons. The smallest absolute Gasteiger partial charge is 0.348 e. The van der Waals surface area contributed by atoms with Gasteiger partial charge in [0.25, 0.3) is 0 Å². The van der Waals surface area contributed by atoms with Crippen LogP contribution < -0.4 is 4.90 Å². The molecule has 0 aliphatic carbocycles. The number of rotatable bonds is 9. The van der Waals surface area contributed by atoms with E-state index in [1.54, 1.807) is 26.8 Å². The standard InChI is InChI=1S/C27H30N2O5S/c1-5-33-26(31)24-18(4)25(27(32)34-6-2)35-23(24)15-22(30)20(16-28)14-19-9-10-21(13-17(19)3)29-11-7-8-12-29/h9-10,13-14H,5-8,11-12,15H2,1-4H3. The van der Waals surface area contributed by atoms with Crippen LogP contribution >= 0.6 is 11.3 Å². The number of carbonyl (C=O) groups is 3. The maximum atomic E-state index is 13.1. The van der Waals surface area contributed by atoms with Gasteiger partial charge in [-0.15, -0.1) is 11.3 Å². The Labute approximate surface area is 210 Å². The van der Waals surface area contributed by atoms with Crippen molar-refractivity contribution in [1.82, 2.24) is 0 Å². The Bertz CT molecular complexity index is 1200. The molecule has 0 saturated carbocycles. The molecule has 0 amide bonds. The number of nitrogens with zero attached hydrogens (tertiary/aromatic N) is 2. The fraction of sp³-hybridized carbons (Fsp3) is 0.407. The molecule has 0 spiro atoms. The van der Waals surface area contributed by atoms with Gasteiger partial charge in [-0.2, -0.15) is 5.26 Å². The van der Waals surface area contributed by atoms with Crippen LogP contribution in [0.5, 0.6) is 0 Å². The first-order valence-corrected chi connectivity index (χ1v) is 12.6. The molecule has 0 unspecified atom stereocenters. The van der Waals surface area contributed by atoms with E-state index in [0.29, 0.717) is 10.4 Å². The van der Waals surface area contributed by atoms with Gasteiger partial charge in [-0.25, -0.2) is 9.59 Å². The van der Waals surface area contributed by atoms with Gasteiger partial charge in [0.05, 0.1) is 24.4 Å². The number of ether oxygens (including phenoxy) is 2. The number of hydrogen-bond donors (Lipinski definition) is 0. The fourth-order valence-electron chi connectivity index (χ4n) is 4.13. The molecule has 1 aliphatic rings. The number of anilines is 1. The lowest BCUT2D eigenvalue weighted by molar-refractivity contribution is -0.114. The SMILES string of the molecule is CCOC(=O)c1sc(CC(=O)C(C#N)=Cc2ccc(N3CCCC3)cc2C)c(C(=O)OCC)c1C. The molecule has 35 heavy (non-hydrogen) atoms. The number of nitriles is 1. The molecule has 184 valence electrons. The van der Waals surface area contributed by atoms with Crippen molar-refractivity contribution in [3.05, 3.63) is 55.8 Å². The van der Waals surface area contributed by atoms with Crippen LogP contribution in [0.2, 0.25) is 0 Å². The maximum Gasteiger partial charge on any atom is 0.348 e. The van der Waals surface area contributed by atoms with Gasteiger partial charge in [-0.1, -0.05) is 6.07 Å². The summed E-state index contributed by atoms with van der Waals surface area (Å²) in [5, 5.41) is 9.72. The Balaban J connectivity index is 1.90. The first-order valence-electron chi connectivity index (χ1n) is 11.8. The predicted molar refractivity (Wildman–Crippen MR) is 136 cm³/mol. The van der Waals surface area contributed by atoms with E-state index in [4.69, 9.17) is 9.47 Å². The van der Waals surface area contributed by atoms with Crippen molar-refractivity contribution in [1.29, 1.82) is 5.26 Å². The number of Topliss-reactive ketones (excluding diaryl/α,β-unsaturated/α-hetero) is 1. The maximum absolute atomic E-state index is 13.1. The second-order valence-electron chi connectivity index (χ2n) is 8.30. The number of benzene rings is 1. The van der Waals surface area contributed by atoms with E-state index in [0.717, 1.165) is 41.2 Å². The lowest BCUT2D eigenvalue weighted by Crippen LogP contribution is -2.17. The van der Waals surface area contributed by atoms with Crippen molar-refractivity contribution < 1.29 is 23.9 Å². The van der Waals surface area contributed by atoms with Crippen molar-refractivity contribution in [2.24, 2.45) is 0 Å². The second kappa shape index (κ2) is 11.8. The molecule has 0 bridgehead atoms. The first kappa shape index (κ1) is 26.2. The third kappa shape index (κ3) is 5.98. The Hall–Kier alpha value is -3.44. The third-order valence-corrected chi connectivity index (χ3v) is 7.20. The van der Waals surface area contributed by atoms with Crippen LogP contribution in [0.15, 0.2) is 23.8 Å². The molecule has 1 aliphatic heterocycles. The summed E-state index contributed by atoms with van der Waals surface area (Å²) in [5.41, 5.74) is 3.50. The molecule has 3 rings (SSSR count). The second-order valence-corrected chi connectivity index (χ2v) is 9.41. The Kier molecular flexibility index (Phi) is 8.83. The minimum Gasteiger partial charge on any atom is -0.462 e. The van der Waals surface area contributed by atoms with E-state index in [1.165, 1.54) is 12.8 Å². The lowest BCUT2D eigenvalue weighted by Gasteiger charge is -2.18. The molecule has 7 nitrogen and oxygen atoms in total. The highest BCUT2D eigenvalue weighted by molar-refractivity contribution is 7.14. The average molecular weight is 495 g/mol. The number of aryl methyl sites for hydroxylation is 1. The van der Waals surface area contributed by atoms with E-state index in [2.05, 4.69) is 11.0 Å². The molecular formula is C27H30N2O5S. The minimum absolute atomic E-state index is 0.0134. The zero-order valence-electron chi connectivity index (χ0n) is 20.6. The number of hydrogen-bond acceptors (Lipinski definition) is 8. The Morgan fingerprint density at radius 1 is 1.09 bits per heavy atom. The summed E-state index contributed by atoms with van der Waals surface area (Å²) in [4.78, 5) is 41.1. The molecule has 0 N–H and O–H groups in total. The summed E-state index contributed by atoms with van der Waals surface area (Å²) in [7, 11) is 0. The Morgan fingerprint density at radius 2 is 1.74 bits per heavy atom.